The van der Waals surface area contributed by atoms with Crippen molar-refractivity contribution in [2.45, 2.75) is 24.7 Å². The van der Waals surface area contributed by atoms with Crippen LogP contribution in [0.5, 0.6) is 11.5 Å². The van der Waals surface area contributed by atoms with Crippen molar-refractivity contribution in [3.05, 3.63) is 23.8 Å². The molecule has 1 fully saturated rings. The highest BCUT2D eigenvalue weighted by Crippen LogP contribution is 2.39. The lowest BCUT2D eigenvalue weighted by molar-refractivity contribution is 0.0528. The van der Waals surface area contributed by atoms with Crippen LogP contribution in [-0.4, -0.2) is 33.0 Å². The van der Waals surface area contributed by atoms with Gasteiger partial charge in [-0.15, -0.1) is 0 Å². The van der Waals surface area contributed by atoms with Crippen LogP contribution in [0, 0.1) is 0 Å². The molecule has 2 N–H and O–H groups in total. The molecule has 3 rings (SSSR count). The molecule has 2 heterocycles. The molecule has 0 bridgehead atoms. The smallest absolute Gasteiger partial charge is 0.161 e. The van der Waals surface area contributed by atoms with E-state index in [4.69, 9.17) is 19.9 Å². The Morgan fingerprint density at radius 3 is 2.47 bits per heavy atom. The van der Waals surface area contributed by atoms with E-state index in [1.54, 1.807) is 0 Å². The first-order valence-corrected chi connectivity index (χ1v) is 7.02. The van der Waals surface area contributed by atoms with Crippen molar-refractivity contribution in [1.29, 1.82) is 0 Å². The molecule has 0 unspecified atom stereocenters. The van der Waals surface area contributed by atoms with Crippen LogP contribution in [0.3, 0.4) is 0 Å². The van der Waals surface area contributed by atoms with Crippen LogP contribution in [0.1, 0.15) is 24.8 Å². The fourth-order valence-electron chi connectivity index (χ4n) is 2.87. The van der Waals surface area contributed by atoms with Gasteiger partial charge < -0.3 is 19.9 Å². The van der Waals surface area contributed by atoms with Crippen LogP contribution in [0.2, 0.25) is 0 Å². The highest BCUT2D eigenvalue weighted by molar-refractivity contribution is 5.46. The molecule has 4 heteroatoms. The Bertz CT molecular complexity index is 441. The number of fused-ring (bicyclic) bond motifs is 1. The predicted octanol–water partition coefficient (Wildman–Crippen LogP) is 1.85. The third-order valence-electron chi connectivity index (χ3n) is 4.20. The number of rotatable bonds is 2. The van der Waals surface area contributed by atoms with E-state index in [1.165, 1.54) is 5.56 Å². The molecule has 0 aromatic heterocycles. The molecule has 0 spiro atoms. The van der Waals surface area contributed by atoms with Crippen LogP contribution in [0.4, 0.5) is 0 Å². The maximum Gasteiger partial charge on any atom is 0.161 e. The lowest BCUT2D eigenvalue weighted by atomic mass is 9.74. The molecule has 1 saturated heterocycles. The third-order valence-corrected chi connectivity index (χ3v) is 4.20. The number of benzene rings is 1. The quantitative estimate of drug-likeness (QED) is 0.885. The molecule has 1 aromatic rings. The highest BCUT2D eigenvalue weighted by Gasteiger charge is 2.33. The van der Waals surface area contributed by atoms with Gasteiger partial charge in [-0.1, -0.05) is 6.07 Å². The van der Waals surface area contributed by atoms with Crippen molar-refractivity contribution < 1.29 is 14.2 Å². The number of ether oxygens (including phenoxy) is 3. The summed E-state index contributed by atoms with van der Waals surface area (Å²) in [6, 6.07) is 6.26. The first-order chi connectivity index (χ1) is 9.34. The van der Waals surface area contributed by atoms with Gasteiger partial charge in [0.1, 0.15) is 0 Å². The Labute approximate surface area is 113 Å². The second-order valence-electron chi connectivity index (χ2n) is 5.31. The Kier molecular flexibility index (Phi) is 3.62. The second-order valence-corrected chi connectivity index (χ2v) is 5.31. The predicted molar refractivity (Wildman–Crippen MR) is 72.8 cm³/mol. The summed E-state index contributed by atoms with van der Waals surface area (Å²) in [5.41, 5.74) is 7.33. The van der Waals surface area contributed by atoms with Gasteiger partial charge in [-0.3, -0.25) is 0 Å². The van der Waals surface area contributed by atoms with Gasteiger partial charge in [0.05, 0.1) is 13.2 Å². The second kappa shape index (κ2) is 5.39. The van der Waals surface area contributed by atoms with Gasteiger partial charge in [0.25, 0.3) is 0 Å². The number of hydrogen-bond acceptors (Lipinski definition) is 4. The first kappa shape index (κ1) is 12.8. The summed E-state index contributed by atoms with van der Waals surface area (Å²) in [5, 5.41) is 0. The Balaban J connectivity index is 1.93. The molecule has 1 aromatic carbocycles. The van der Waals surface area contributed by atoms with Crippen LogP contribution >= 0.6 is 0 Å². The molecule has 2 aliphatic heterocycles. The molecular weight excluding hydrogens is 242 g/mol. The van der Waals surface area contributed by atoms with E-state index in [0.717, 1.165) is 57.2 Å². The van der Waals surface area contributed by atoms with E-state index in [0.29, 0.717) is 6.54 Å². The maximum absolute atomic E-state index is 6.05. The zero-order chi connectivity index (χ0) is 13.1. The van der Waals surface area contributed by atoms with Gasteiger partial charge in [0.15, 0.2) is 11.5 Å². The molecule has 104 valence electrons. The Morgan fingerprint density at radius 1 is 1.00 bits per heavy atom. The maximum atomic E-state index is 6.05. The normalized spacial score (nSPS) is 21.7. The van der Waals surface area contributed by atoms with Gasteiger partial charge in [-0.2, -0.15) is 0 Å². The molecule has 0 radical (unpaired) electrons. The van der Waals surface area contributed by atoms with E-state index < -0.39 is 0 Å². The summed E-state index contributed by atoms with van der Waals surface area (Å²) in [5.74, 6) is 1.70. The average Bonchev–Trinajstić information content (AvgIpc) is 2.72. The van der Waals surface area contributed by atoms with Crippen molar-refractivity contribution in [2.24, 2.45) is 5.73 Å². The van der Waals surface area contributed by atoms with Crippen molar-refractivity contribution in [1.82, 2.24) is 0 Å². The minimum absolute atomic E-state index is 0.0307. The standard InChI is InChI=1S/C15H21NO3/c16-11-15(4-8-17-9-5-15)12-2-3-13-14(10-12)19-7-1-6-18-13/h2-3,10H,1,4-9,11,16H2. The molecule has 0 saturated carbocycles. The minimum atomic E-state index is 0.0307. The molecule has 0 aliphatic carbocycles. The van der Waals surface area contributed by atoms with E-state index in [9.17, 15) is 0 Å². The molecule has 0 atom stereocenters. The van der Waals surface area contributed by atoms with Crippen molar-refractivity contribution in [3.8, 4) is 11.5 Å². The van der Waals surface area contributed by atoms with Crippen LogP contribution in [0.15, 0.2) is 18.2 Å². The molecule has 19 heavy (non-hydrogen) atoms. The third kappa shape index (κ3) is 2.42. The number of nitrogens with two attached hydrogens (primary N) is 1. The van der Waals surface area contributed by atoms with E-state index >= 15 is 0 Å². The lowest BCUT2D eigenvalue weighted by Crippen LogP contribution is -2.40. The topological polar surface area (TPSA) is 53.7 Å². The summed E-state index contributed by atoms with van der Waals surface area (Å²) in [6.07, 6.45) is 2.88. The first-order valence-electron chi connectivity index (χ1n) is 7.02. The van der Waals surface area contributed by atoms with E-state index in [1.807, 2.05) is 6.07 Å². The zero-order valence-electron chi connectivity index (χ0n) is 11.2. The lowest BCUT2D eigenvalue weighted by Gasteiger charge is -2.36. The van der Waals surface area contributed by atoms with E-state index in [-0.39, 0.29) is 5.41 Å². The Morgan fingerprint density at radius 2 is 1.74 bits per heavy atom. The van der Waals surface area contributed by atoms with Crippen LogP contribution in [-0.2, 0) is 10.2 Å². The average molecular weight is 263 g/mol. The number of hydrogen-bond donors (Lipinski definition) is 1. The monoisotopic (exact) mass is 263 g/mol. The highest BCUT2D eigenvalue weighted by atomic mass is 16.5. The van der Waals surface area contributed by atoms with E-state index in [2.05, 4.69) is 12.1 Å². The van der Waals surface area contributed by atoms with Crippen LogP contribution in [0.25, 0.3) is 0 Å². The van der Waals surface area contributed by atoms with Crippen molar-refractivity contribution in [2.75, 3.05) is 33.0 Å². The van der Waals surface area contributed by atoms with Crippen molar-refractivity contribution in [3.63, 3.8) is 0 Å². The largest absolute Gasteiger partial charge is 0.490 e. The fraction of sp³-hybridized carbons (Fsp3) is 0.600. The fourth-order valence-corrected chi connectivity index (χ4v) is 2.87. The molecular formula is C15H21NO3. The van der Waals surface area contributed by atoms with Gasteiger partial charge in [-0.05, 0) is 30.5 Å². The Hall–Kier alpha value is -1.26. The van der Waals surface area contributed by atoms with Crippen LogP contribution < -0.4 is 15.2 Å². The zero-order valence-corrected chi connectivity index (χ0v) is 11.2. The van der Waals surface area contributed by atoms with Gasteiger partial charge >= 0.3 is 0 Å². The van der Waals surface area contributed by atoms with Gasteiger partial charge in [0, 0.05) is 31.6 Å². The molecule has 4 nitrogen and oxygen atoms in total. The summed E-state index contributed by atoms with van der Waals surface area (Å²) < 4.78 is 16.9. The molecule has 0 amide bonds. The molecule has 2 aliphatic rings. The minimum Gasteiger partial charge on any atom is -0.490 e. The summed E-state index contributed by atoms with van der Waals surface area (Å²) in [6.45, 7) is 3.66. The van der Waals surface area contributed by atoms with Gasteiger partial charge in [-0.25, -0.2) is 0 Å². The summed E-state index contributed by atoms with van der Waals surface area (Å²) in [7, 11) is 0. The summed E-state index contributed by atoms with van der Waals surface area (Å²) in [4.78, 5) is 0. The summed E-state index contributed by atoms with van der Waals surface area (Å²) >= 11 is 0. The van der Waals surface area contributed by atoms with Crippen molar-refractivity contribution >= 4 is 0 Å². The SMILES string of the molecule is NCC1(c2ccc3c(c2)OCCCO3)CCOCC1. The van der Waals surface area contributed by atoms with Gasteiger partial charge in [0.2, 0.25) is 0 Å².